The minimum Gasteiger partial charge on any atom is -0.352 e. The van der Waals surface area contributed by atoms with Crippen molar-refractivity contribution in [1.29, 1.82) is 0 Å². The van der Waals surface area contributed by atoms with E-state index in [0.29, 0.717) is 18.5 Å². The van der Waals surface area contributed by atoms with Crippen LogP contribution in [0.5, 0.6) is 0 Å². The van der Waals surface area contributed by atoms with Crippen LogP contribution in [0.1, 0.15) is 53.4 Å². The van der Waals surface area contributed by atoms with Crippen LogP contribution in [0.2, 0.25) is 0 Å². The van der Waals surface area contributed by atoms with E-state index in [2.05, 4.69) is 17.1 Å². The van der Waals surface area contributed by atoms with Gasteiger partial charge in [0.25, 0.3) is 0 Å². The molecule has 0 aromatic heterocycles. The van der Waals surface area contributed by atoms with Crippen LogP contribution in [0.3, 0.4) is 0 Å². The van der Waals surface area contributed by atoms with Gasteiger partial charge in [0.15, 0.2) is 0 Å². The fourth-order valence-corrected chi connectivity index (χ4v) is 3.57. The summed E-state index contributed by atoms with van der Waals surface area (Å²) in [5.41, 5.74) is -0.323. The Morgan fingerprint density at radius 3 is 2.22 bits per heavy atom. The van der Waals surface area contributed by atoms with E-state index >= 15 is 0 Å². The number of carbonyl (C=O) groups is 2. The third-order valence-corrected chi connectivity index (χ3v) is 5.13. The summed E-state index contributed by atoms with van der Waals surface area (Å²) in [4.78, 5) is 28.6. The van der Waals surface area contributed by atoms with Gasteiger partial charge in [0.05, 0.1) is 6.54 Å². The highest BCUT2D eigenvalue weighted by molar-refractivity contribution is 5.81. The van der Waals surface area contributed by atoms with Crippen LogP contribution in [-0.2, 0) is 9.59 Å². The number of nitrogens with one attached hydrogen (secondary N) is 1. The number of carbonyl (C=O) groups excluding carboxylic acids is 2. The molecule has 1 aliphatic heterocycles. The Labute approximate surface area is 140 Å². The molecule has 5 heteroatoms. The van der Waals surface area contributed by atoms with E-state index in [0.717, 1.165) is 32.6 Å². The Hall–Kier alpha value is -1.10. The van der Waals surface area contributed by atoms with E-state index in [9.17, 15) is 9.59 Å². The Balaban J connectivity index is 1.73. The highest BCUT2D eigenvalue weighted by Gasteiger charge is 2.30. The lowest BCUT2D eigenvalue weighted by atomic mass is 9.86. The summed E-state index contributed by atoms with van der Waals surface area (Å²) < 4.78 is 0. The molecule has 2 fully saturated rings. The average Bonchev–Trinajstić information content (AvgIpc) is 2.49. The number of rotatable bonds is 3. The van der Waals surface area contributed by atoms with E-state index in [1.54, 1.807) is 0 Å². The highest BCUT2D eigenvalue weighted by Crippen LogP contribution is 2.23. The SMILES string of the molecule is CC1CCCCC1NC(=O)CN1CCN(C(=O)C(C)(C)C)CC1. The molecule has 2 unspecified atom stereocenters. The number of hydrogen-bond donors (Lipinski definition) is 1. The van der Waals surface area contributed by atoms with E-state index in [-0.39, 0.29) is 17.2 Å². The molecule has 5 nitrogen and oxygen atoms in total. The zero-order valence-corrected chi connectivity index (χ0v) is 15.2. The Bertz CT molecular complexity index is 422. The van der Waals surface area contributed by atoms with Crippen LogP contribution in [0.4, 0.5) is 0 Å². The second-order valence-corrected chi connectivity index (χ2v) is 8.25. The molecular formula is C18H33N3O2. The highest BCUT2D eigenvalue weighted by atomic mass is 16.2. The molecule has 23 heavy (non-hydrogen) atoms. The molecule has 0 aromatic carbocycles. The molecule has 2 aliphatic rings. The number of amides is 2. The summed E-state index contributed by atoms with van der Waals surface area (Å²) in [6.45, 7) is 11.6. The third kappa shape index (κ3) is 5.20. The Kier molecular flexibility index (Phi) is 6.06. The van der Waals surface area contributed by atoms with Crippen molar-refractivity contribution in [1.82, 2.24) is 15.1 Å². The molecule has 1 heterocycles. The van der Waals surface area contributed by atoms with Gasteiger partial charge < -0.3 is 10.2 Å². The van der Waals surface area contributed by atoms with Gasteiger partial charge in [0, 0.05) is 37.6 Å². The van der Waals surface area contributed by atoms with Crippen molar-refractivity contribution in [2.24, 2.45) is 11.3 Å². The van der Waals surface area contributed by atoms with Crippen LogP contribution in [0.15, 0.2) is 0 Å². The molecule has 2 amide bonds. The van der Waals surface area contributed by atoms with Gasteiger partial charge in [0.1, 0.15) is 0 Å². The first-order valence-electron chi connectivity index (χ1n) is 9.08. The van der Waals surface area contributed by atoms with E-state index < -0.39 is 0 Å². The van der Waals surface area contributed by atoms with Gasteiger partial charge in [-0.2, -0.15) is 0 Å². The number of nitrogens with zero attached hydrogens (tertiary/aromatic N) is 2. The second kappa shape index (κ2) is 7.65. The van der Waals surface area contributed by atoms with Crippen LogP contribution in [0, 0.1) is 11.3 Å². The molecule has 0 radical (unpaired) electrons. The van der Waals surface area contributed by atoms with Crippen molar-refractivity contribution in [3.63, 3.8) is 0 Å². The lowest BCUT2D eigenvalue weighted by molar-refractivity contribution is -0.141. The standard InChI is InChI=1S/C18H33N3O2/c1-14-7-5-6-8-15(14)19-16(22)13-20-9-11-21(12-10-20)17(23)18(2,3)4/h14-15H,5-13H2,1-4H3,(H,19,22). The Morgan fingerprint density at radius 2 is 1.65 bits per heavy atom. The quantitative estimate of drug-likeness (QED) is 0.863. The van der Waals surface area contributed by atoms with Gasteiger partial charge in [-0.25, -0.2) is 0 Å². The molecule has 1 N–H and O–H groups in total. The van der Waals surface area contributed by atoms with Gasteiger partial charge in [0.2, 0.25) is 11.8 Å². The van der Waals surface area contributed by atoms with Gasteiger partial charge >= 0.3 is 0 Å². The van der Waals surface area contributed by atoms with E-state index in [1.165, 1.54) is 19.3 Å². The zero-order chi connectivity index (χ0) is 17.0. The maximum absolute atomic E-state index is 12.3. The lowest BCUT2D eigenvalue weighted by Gasteiger charge is -2.37. The minimum atomic E-state index is -0.323. The summed E-state index contributed by atoms with van der Waals surface area (Å²) in [5.74, 6) is 0.936. The maximum atomic E-state index is 12.3. The summed E-state index contributed by atoms with van der Waals surface area (Å²) in [6, 6.07) is 0.347. The zero-order valence-electron chi connectivity index (χ0n) is 15.2. The summed E-state index contributed by atoms with van der Waals surface area (Å²) in [6.07, 6.45) is 4.85. The second-order valence-electron chi connectivity index (χ2n) is 8.25. The third-order valence-electron chi connectivity index (χ3n) is 5.13. The molecule has 2 rings (SSSR count). The fourth-order valence-electron chi connectivity index (χ4n) is 3.57. The predicted octanol–water partition coefficient (Wildman–Crippen LogP) is 1.87. The van der Waals surface area contributed by atoms with Crippen LogP contribution < -0.4 is 5.32 Å². The first kappa shape index (κ1) is 18.2. The van der Waals surface area contributed by atoms with Crippen molar-refractivity contribution < 1.29 is 9.59 Å². The number of hydrogen-bond acceptors (Lipinski definition) is 3. The normalized spacial score (nSPS) is 26.9. The summed E-state index contributed by atoms with van der Waals surface area (Å²) >= 11 is 0. The molecule has 0 spiro atoms. The average molecular weight is 323 g/mol. The van der Waals surface area contributed by atoms with Gasteiger partial charge in [-0.1, -0.05) is 40.5 Å². The molecule has 1 saturated heterocycles. The van der Waals surface area contributed by atoms with Gasteiger partial charge in [-0.05, 0) is 18.8 Å². The predicted molar refractivity (Wildman–Crippen MR) is 92.0 cm³/mol. The smallest absolute Gasteiger partial charge is 0.234 e. The maximum Gasteiger partial charge on any atom is 0.234 e. The summed E-state index contributed by atoms with van der Waals surface area (Å²) in [5, 5.41) is 3.21. The summed E-state index contributed by atoms with van der Waals surface area (Å²) in [7, 11) is 0. The molecule has 0 bridgehead atoms. The van der Waals surface area contributed by atoms with Crippen molar-refractivity contribution in [3.05, 3.63) is 0 Å². The molecule has 132 valence electrons. The van der Waals surface area contributed by atoms with Gasteiger partial charge in [-0.15, -0.1) is 0 Å². The molecule has 2 atom stereocenters. The van der Waals surface area contributed by atoms with Crippen LogP contribution in [0.25, 0.3) is 0 Å². The van der Waals surface area contributed by atoms with Crippen LogP contribution >= 0.6 is 0 Å². The van der Waals surface area contributed by atoms with E-state index in [4.69, 9.17) is 0 Å². The van der Waals surface area contributed by atoms with E-state index in [1.807, 2.05) is 25.7 Å². The molecule has 1 aliphatic carbocycles. The van der Waals surface area contributed by atoms with Crippen LogP contribution in [-0.4, -0.2) is 60.4 Å². The van der Waals surface area contributed by atoms with Crippen molar-refractivity contribution >= 4 is 11.8 Å². The largest absolute Gasteiger partial charge is 0.352 e. The molecule has 1 saturated carbocycles. The van der Waals surface area contributed by atoms with Gasteiger partial charge in [-0.3, -0.25) is 14.5 Å². The van der Waals surface area contributed by atoms with Crippen molar-refractivity contribution in [2.45, 2.75) is 59.4 Å². The molecule has 0 aromatic rings. The lowest BCUT2D eigenvalue weighted by Crippen LogP contribution is -2.54. The fraction of sp³-hybridized carbons (Fsp3) is 0.889. The monoisotopic (exact) mass is 323 g/mol. The number of piperazine rings is 1. The minimum absolute atomic E-state index is 0.138. The molecular weight excluding hydrogens is 290 g/mol. The Morgan fingerprint density at radius 1 is 1.04 bits per heavy atom. The topological polar surface area (TPSA) is 52.7 Å². The van der Waals surface area contributed by atoms with Crippen molar-refractivity contribution in [3.8, 4) is 0 Å². The first-order valence-corrected chi connectivity index (χ1v) is 9.08. The first-order chi connectivity index (χ1) is 10.8. The van der Waals surface area contributed by atoms with Crippen molar-refractivity contribution in [2.75, 3.05) is 32.7 Å².